The van der Waals surface area contributed by atoms with Gasteiger partial charge in [0.15, 0.2) is 17.3 Å². The molecule has 1 aliphatic rings. The summed E-state index contributed by atoms with van der Waals surface area (Å²) in [7, 11) is 4.66. The van der Waals surface area contributed by atoms with Gasteiger partial charge in [0.2, 0.25) is 5.75 Å². The van der Waals surface area contributed by atoms with Gasteiger partial charge in [-0.2, -0.15) is 0 Å². The number of benzene rings is 1. The number of carbonyl (C=O) groups excluding carboxylic acids is 1. The van der Waals surface area contributed by atoms with Crippen molar-refractivity contribution in [2.24, 2.45) is 0 Å². The molecule has 0 amide bonds. The highest BCUT2D eigenvalue weighted by Gasteiger charge is 2.27. The van der Waals surface area contributed by atoms with Gasteiger partial charge in [-0.15, -0.1) is 11.3 Å². The summed E-state index contributed by atoms with van der Waals surface area (Å²) in [4.78, 5) is 32.3. The molecule has 164 valence electrons. The van der Waals surface area contributed by atoms with Crippen LogP contribution in [-0.4, -0.2) is 36.7 Å². The highest BCUT2D eigenvalue weighted by Crippen LogP contribution is 2.41. The summed E-state index contributed by atoms with van der Waals surface area (Å²) in [6, 6.07) is 3.60. The Bertz CT molecular complexity index is 1190. The summed E-state index contributed by atoms with van der Waals surface area (Å²) in [5, 5.41) is 0.598. The number of ketones is 1. The van der Waals surface area contributed by atoms with Gasteiger partial charge < -0.3 is 14.2 Å². The largest absolute Gasteiger partial charge is 0.493 e. The second kappa shape index (κ2) is 8.70. The molecule has 3 aromatic rings. The maximum atomic E-state index is 13.6. The summed E-state index contributed by atoms with van der Waals surface area (Å²) in [6.07, 6.45) is 3.84. The van der Waals surface area contributed by atoms with Crippen molar-refractivity contribution in [2.75, 3.05) is 21.3 Å². The van der Waals surface area contributed by atoms with E-state index >= 15 is 0 Å². The van der Waals surface area contributed by atoms with E-state index in [4.69, 9.17) is 19.2 Å². The number of aryl methyl sites for hydroxylation is 1. The summed E-state index contributed by atoms with van der Waals surface area (Å²) < 4.78 is 18.1. The number of hydrogen-bond donors (Lipinski definition) is 0. The SMILES string of the molecule is CCCCn1c(-c2cc(OC)c(OC)c(OC)c2)nc2sc3c(c2c1=O)CCCC3=O. The smallest absolute Gasteiger partial charge is 0.262 e. The molecule has 0 saturated carbocycles. The number of unbranched alkanes of at least 4 members (excludes halogenated alkanes) is 1. The molecule has 31 heavy (non-hydrogen) atoms. The van der Waals surface area contributed by atoms with Crippen molar-refractivity contribution < 1.29 is 19.0 Å². The lowest BCUT2D eigenvalue weighted by molar-refractivity contribution is 0.0977. The van der Waals surface area contributed by atoms with Gasteiger partial charge >= 0.3 is 0 Å². The molecule has 2 aromatic heterocycles. The first kappa shape index (κ1) is 21.4. The molecular weight excluding hydrogens is 416 g/mol. The van der Waals surface area contributed by atoms with Crippen LogP contribution in [0.1, 0.15) is 47.8 Å². The molecule has 0 bridgehead atoms. The van der Waals surface area contributed by atoms with Crippen LogP contribution in [0.2, 0.25) is 0 Å². The second-order valence-corrected chi connectivity index (χ2v) is 8.53. The van der Waals surface area contributed by atoms with Crippen molar-refractivity contribution in [1.29, 1.82) is 0 Å². The van der Waals surface area contributed by atoms with Crippen molar-refractivity contribution in [3.05, 3.63) is 32.9 Å². The molecule has 7 nitrogen and oxygen atoms in total. The van der Waals surface area contributed by atoms with E-state index in [1.165, 1.54) is 11.3 Å². The Kier molecular flexibility index (Phi) is 6.00. The lowest BCUT2D eigenvalue weighted by atomic mass is 9.96. The van der Waals surface area contributed by atoms with Crippen LogP contribution in [0.25, 0.3) is 21.6 Å². The third kappa shape index (κ3) is 3.59. The first-order chi connectivity index (χ1) is 15.0. The molecule has 0 spiro atoms. The van der Waals surface area contributed by atoms with Crippen LogP contribution in [0, 0.1) is 0 Å². The maximum absolute atomic E-state index is 13.6. The molecule has 8 heteroatoms. The van der Waals surface area contributed by atoms with Crippen LogP contribution in [0.3, 0.4) is 0 Å². The van der Waals surface area contributed by atoms with Gasteiger partial charge in [0.25, 0.3) is 5.56 Å². The van der Waals surface area contributed by atoms with Gasteiger partial charge in [-0.1, -0.05) is 13.3 Å². The van der Waals surface area contributed by atoms with Crippen LogP contribution in [0.4, 0.5) is 0 Å². The number of hydrogen-bond acceptors (Lipinski definition) is 7. The number of fused-ring (bicyclic) bond motifs is 3. The summed E-state index contributed by atoms with van der Waals surface area (Å²) >= 11 is 1.33. The molecule has 0 aliphatic heterocycles. The Morgan fingerprint density at radius 3 is 2.39 bits per heavy atom. The average molecular weight is 443 g/mol. The number of rotatable bonds is 7. The van der Waals surface area contributed by atoms with Crippen LogP contribution in [0.15, 0.2) is 16.9 Å². The van der Waals surface area contributed by atoms with Crippen LogP contribution < -0.4 is 19.8 Å². The monoisotopic (exact) mass is 442 g/mol. The van der Waals surface area contributed by atoms with Gasteiger partial charge in [0.1, 0.15) is 10.7 Å². The predicted molar refractivity (Wildman–Crippen MR) is 121 cm³/mol. The molecule has 2 heterocycles. The van der Waals surface area contributed by atoms with Crippen molar-refractivity contribution in [2.45, 2.75) is 45.6 Å². The topological polar surface area (TPSA) is 79.7 Å². The Morgan fingerprint density at radius 2 is 1.77 bits per heavy atom. The number of methoxy groups -OCH3 is 3. The number of nitrogens with zero attached hydrogens (tertiary/aromatic N) is 2. The molecule has 1 aromatic carbocycles. The minimum atomic E-state index is -0.0885. The van der Waals surface area contributed by atoms with Gasteiger partial charge in [-0.05, 0) is 37.0 Å². The Balaban J connectivity index is 2.01. The number of carbonyl (C=O) groups is 1. The van der Waals surface area contributed by atoms with Gasteiger partial charge in [-0.25, -0.2) is 4.98 Å². The van der Waals surface area contributed by atoms with Crippen LogP contribution in [0.5, 0.6) is 17.2 Å². The van der Waals surface area contributed by atoms with Gasteiger partial charge in [0, 0.05) is 18.5 Å². The normalized spacial score (nSPS) is 13.4. The molecule has 0 saturated heterocycles. The third-order valence-corrected chi connectivity index (χ3v) is 6.82. The molecule has 0 atom stereocenters. The summed E-state index contributed by atoms with van der Waals surface area (Å²) in [5.41, 5.74) is 1.48. The molecule has 0 N–H and O–H groups in total. The van der Waals surface area contributed by atoms with Crippen LogP contribution >= 0.6 is 11.3 Å². The summed E-state index contributed by atoms with van der Waals surface area (Å²) in [5.74, 6) is 2.12. The Labute approximate surface area is 184 Å². The van der Waals surface area contributed by atoms with E-state index in [2.05, 4.69) is 6.92 Å². The van der Waals surface area contributed by atoms with E-state index in [1.54, 1.807) is 38.0 Å². The van der Waals surface area contributed by atoms with E-state index in [0.29, 0.717) is 56.7 Å². The fraction of sp³-hybridized carbons (Fsp3) is 0.435. The highest BCUT2D eigenvalue weighted by atomic mass is 32.1. The van der Waals surface area contributed by atoms with E-state index < -0.39 is 0 Å². The number of Topliss-reactive ketones (excluding diaryl/α,β-unsaturated/α-hetero) is 1. The van der Waals surface area contributed by atoms with E-state index in [9.17, 15) is 9.59 Å². The lowest BCUT2D eigenvalue weighted by Crippen LogP contribution is -2.24. The van der Waals surface area contributed by atoms with Gasteiger partial charge in [0.05, 0.1) is 31.6 Å². The molecule has 1 aliphatic carbocycles. The van der Waals surface area contributed by atoms with Gasteiger partial charge in [-0.3, -0.25) is 14.2 Å². The average Bonchev–Trinajstić information content (AvgIpc) is 3.17. The molecule has 0 fully saturated rings. The fourth-order valence-corrected chi connectivity index (χ4v) is 5.28. The Hall–Kier alpha value is -2.87. The van der Waals surface area contributed by atoms with E-state index in [1.807, 2.05) is 0 Å². The minimum Gasteiger partial charge on any atom is -0.493 e. The number of aromatic nitrogens is 2. The fourth-order valence-electron chi connectivity index (χ4n) is 4.10. The third-order valence-electron chi connectivity index (χ3n) is 5.65. The Morgan fingerprint density at radius 1 is 1.06 bits per heavy atom. The molecule has 0 unspecified atom stereocenters. The first-order valence-corrected chi connectivity index (χ1v) is 11.2. The second-order valence-electron chi connectivity index (χ2n) is 7.53. The quantitative estimate of drug-likeness (QED) is 0.537. The van der Waals surface area contributed by atoms with Crippen molar-refractivity contribution in [1.82, 2.24) is 9.55 Å². The zero-order valence-corrected chi connectivity index (χ0v) is 19.1. The number of ether oxygens (including phenoxy) is 3. The molecular formula is C23H26N2O5S. The highest BCUT2D eigenvalue weighted by molar-refractivity contribution is 7.20. The maximum Gasteiger partial charge on any atom is 0.262 e. The zero-order valence-electron chi connectivity index (χ0n) is 18.2. The summed E-state index contributed by atoms with van der Waals surface area (Å²) in [6.45, 7) is 2.63. The standard InChI is InChI=1S/C23H26N2O5S/c1-5-6-10-25-21(13-11-16(28-2)19(30-4)17(12-13)29-3)24-22-18(23(25)27)14-8-7-9-15(26)20(14)31-22/h11-12H,5-10H2,1-4H3. The van der Waals surface area contributed by atoms with Crippen molar-refractivity contribution in [3.63, 3.8) is 0 Å². The number of thiophene rings is 1. The van der Waals surface area contributed by atoms with Crippen LogP contribution in [-0.2, 0) is 13.0 Å². The zero-order chi connectivity index (χ0) is 22.1. The molecule has 4 rings (SSSR count). The minimum absolute atomic E-state index is 0.0885. The first-order valence-electron chi connectivity index (χ1n) is 10.4. The predicted octanol–water partition coefficient (Wildman–Crippen LogP) is 4.47. The van der Waals surface area contributed by atoms with E-state index in [-0.39, 0.29) is 11.3 Å². The van der Waals surface area contributed by atoms with Crippen molar-refractivity contribution >= 4 is 27.3 Å². The van der Waals surface area contributed by atoms with Crippen molar-refractivity contribution in [3.8, 4) is 28.6 Å². The lowest BCUT2D eigenvalue weighted by Gasteiger charge is -2.17. The van der Waals surface area contributed by atoms with E-state index in [0.717, 1.165) is 31.2 Å². The molecule has 0 radical (unpaired) electrons.